The maximum atomic E-state index is 4.93. The molecule has 0 bridgehead atoms. The van der Waals surface area contributed by atoms with Crippen molar-refractivity contribution in [2.45, 2.75) is 0 Å². The Morgan fingerprint density at radius 2 is 2.14 bits per heavy atom. The van der Waals surface area contributed by atoms with Crippen LogP contribution in [0.25, 0.3) is 11.4 Å². The SMILES string of the molecule is CNc1nc(-c2ccccc2Br)no1. The van der Waals surface area contributed by atoms with E-state index in [0.717, 1.165) is 10.0 Å². The lowest BCUT2D eigenvalue weighted by molar-refractivity contribution is 0.434. The maximum Gasteiger partial charge on any atom is 0.321 e. The average molecular weight is 254 g/mol. The number of halogens is 1. The molecule has 0 aliphatic heterocycles. The van der Waals surface area contributed by atoms with Gasteiger partial charge in [-0.1, -0.05) is 33.2 Å². The summed E-state index contributed by atoms with van der Waals surface area (Å²) in [6, 6.07) is 8.14. The van der Waals surface area contributed by atoms with Crippen LogP contribution in [0.15, 0.2) is 33.3 Å². The molecule has 1 heterocycles. The highest BCUT2D eigenvalue weighted by molar-refractivity contribution is 9.10. The lowest BCUT2D eigenvalue weighted by atomic mass is 10.2. The van der Waals surface area contributed by atoms with Crippen molar-refractivity contribution in [3.8, 4) is 11.4 Å². The molecule has 1 aromatic heterocycles. The molecule has 1 aromatic carbocycles. The Morgan fingerprint density at radius 1 is 1.36 bits per heavy atom. The zero-order valence-corrected chi connectivity index (χ0v) is 9.08. The summed E-state index contributed by atoms with van der Waals surface area (Å²) in [5, 5.41) is 6.62. The molecule has 0 fully saturated rings. The summed E-state index contributed by atoms with van der Waals surface area (Å²) in [5.41, 5.74) is 0.915. The van der Waals surface area contributed by atoms with Crippen molar-refractivity contribution < 1.29 is 4.52 Å². The molecule has 14 heavy (non-hydrogen) atoms. The summed E-state index contributed by atoms with van der Waals surface area (Å²) in [6.07, 6.45) is 0. The monoisotopic (exact) mass is 253 g/mol. The number of anilines is 1. The predicted molar refractivity (Wildman–Crippen MR) is 57.0 cm³/mol. The highest BCUT2D eigenvalue weighted by Gasteiger charge is 2.09. The molecule has 0 unspecified atom stereocenters. The van der Waals surface area contributed by atoms with E-state index in [0.29, 0.717) is 11.8 Å². The number of hydrogen-bond acceptors (Lipinski definition) is 4. The molecule has 5 heteroatoms. The fraction of sp³-hybridized carbons (Fsp3) is 0.111. The highest BCUT2D eigenvalue weighted by atomic mass is 79.9. The van der Waals surface area contributed by atoms with E-state index < -0.39 is 0 Å². The number of nitrogens with zero attached hydrogens (tertiary/aromatic N) is 2. The van der Waals surface area contributed by atoms with Crippen molar-refractivity contribution in [3.63, 3.8) is 0 Å². The molecule has 0 atom stereocenters. The van der Waals surface area contributed by atoms with Gasteiger partial charge in [-0.05, 0) is 12.1 Å². The van der Waals surface area contributed by atoms with Gasteiger partial charge in [-0.25, -0.2) is 0 Å². The summed E-state index contributed by atoms with van der Waals surface area (Å²) in [4.78, 5) is 4.14. The summed E-state index contributed by atoms with van der Waals surface area (Å²) < 4.78 is 5.88. The van der Waals surface area contributed by atoms with E-state index in [-0.39, 0.29) is 0 Å². The minimum Gasteiger partial charge on any atom is -0.341 e. The van der Waals surface area contributed by atoms with E-state index in [9.17, 15) is 0 Å². The highest BCUT2D eigenvalue weighted by Crippen LogP contribution is 2.25. The van der Waals surface area contributed by atoms with Gasteiger partial charge in [-0.3, -0.25) is 0 Å². The Bertz CT molecular complexity index is 441. The zero-order chi connectivity index (χ0) is 9.97. The fourth-order valence-electron chi connectivity index (χ4n) is 1.08. The van der Waals surface area contributed by atoms with Gasteiger partial charge in [-0.2, -0.15) is 4.98 Å². The van der Waals surface area contributed by atoms with Crippen LogP contribution < -0.4 is 5.32 Å². The van der Waals surface area contributed by atoms with Gasteiger partial charge in [-0.15, -0.1) is 0 Å². The molecule has 72 valence electrons. The molecular formula is C9H8BrN3O. The van der Waals surface area contributed by atoms with E-state index >= 15 is 0 Å². The second-order valence-corrected chi connectivity index (χ2v) is 3.51. The van der Waals surface area contributed by atoms with Crippen molar-refractivity contribution in [3.05, 3.63) is 28.7 Å². The predicted octanol–water partition coefficient (Wildman–Crippen LogP) is 2.54. The van der Waals surface area contributed by atoms with Gasteiger partial charge in [0.25, 0.3) is 0 Å². The number of nitrogens with one attached hydrogen (secondary N) is 1. The third-order valence-corrected chi connectivity index (χ3v) is 2.45. The van der Waals surface area contributed by atoms with E-state index in [4.69, 9.17) is 4.52 Å². The van der Waals surface area contributed by atoms with Gasteiger partial charge >= 0.3 is 6.01 Å². The number of aromatic nitrogens is 2. The van der Waals surface area contributed by atoms with Crippen LogP contribution in [0, 0.1) is 0 Å². The third kappa shape index (κ3) is 1.63. The van der Waals surface area contributed by atoms with Gasteiger partial charge in [0.2, 0.25) is 5.82 Å². The van der Waals surface area contributed by atoms with Crippen molar-refractivity contribution in [2.75, 3.05) is 12.4 Å². The zero-order valence-electron chi connectivity index (χ0n) is 7.49. The first-order valence-electron chi connectivity index (χ1n) is 4.07. The molecule has 0 radical (unpaired) electrons. The van der Waals surface area contributed by atoms with Crippen LogP contribution in [-0.4, -0.2) is 17.2 Å². The lowest BCUT2D eigenvalue weighted by Gasteiger charge is -1.96. The minimum absolute atomic E-state index is 0.413. The Hall–Kier alpha value is -1.36. The van der Waals surface area contributed by atoms with Crippen molar-refractivity contribution >= 4 is 21.9 Å². The van der Waals surface area contributed by atoms with Gasteiger partial charge in [0.05, 0.1) is 0 Å². The first kappa shape index (κ1) is 9.21. The maximum absolute atomic E-state index is 4.93. The smallest absolute Gasteiger partial charge is 0.321 e. The van der Waals surface area contributed by atoms with Crippen LogP contribution in [0.5, 0.6) is 0 Å². The van der Waals surface area contributed by atoms with E-state index in [1.807, 2.05) is 24.3 Å². The average Bonchev–Trinajstić information content (AvgIpc) is 2.67. The number of hydrogen-bond donors (Lipinski definition) is 1. The van der Waals surface area contributed by atoms with Crippen LogP contribution in [0.4, 0.5) is 6.01 Å². The molecule has 2 rings (SSSR count). The molecule has 0 saturated carbocycles. The summed E-state index contributed by atoms with van der Waals surface area (Å²) >= 11 is 3.42. The van der Waals surface area contributed by atoms with Crippen LogP contribution in [0.1, 0.15) is 0 Å². The Balaban J connectivity index is 2.44. The van der Waals surface area contributed by atoms with Gasteiger partial charge in [0.1, 0.15) is 0 Å². The molecular weight excluding hydrogens is 246 g/mol. The van der Waals surface area contributed by atoms with E-state index in [2.05, 4.69) is 31.4 Å². The summed E-state index contributed by atoms with van der Waals surface area (Å²) in [5.74, 6) is 0.571. The van der Waals surface area contributed by atoms with Gasteiger partial charge in [0, 0.05) is 17.1 Å². The first-order chi connectivity index (χ1) is 6.81. The molecule has 0 aliphatic rings. The van der Waals surface area contributed by atoms with E-state index in [1.165, 1.54) is 0 Å². The molecule has 0 spiro atoms. The molecule has 0 aliphatic carbocycles. The number of rotatable bonds is 2. The normalized spacial score (nSPS) is 10.1. The summed E-state index contributed by atoms with van der Waals surface area (Å²) in [7, 11) is 1.73. The van der Waals surface area contributed by atoms with Crippen molar-refractivity contribution in [2.24, 2.45) is 0 Å². The third-order valence-electron chi connectivity index (χ3n) is 1.75. The lowest BCUT2D eigenvalue weighted by Crippen LogP contribution is -1.87. The summed E-state index contributed by atoms with van der Waals surface area (Å²) in [6.45, 7) is 0. The van der Waals surface area contributed by atoms with Gasteiger partial charge < -0.3 is 9.84 Å². The molecule has 0 saturated heterocycles. The Labute approximate surface area is 89.5 Å². The Kier molecular flexibility index (Phi) is 2.49. The molecule has 4 nitrogen and oxygen atoms in total. The van der Waals surface area contributed by atoms with Crippen molar-refractivity contribution in [1.29, 1.82) is 0 Å². The fourth-order valence-corrected chi connectivity index (χ4v) is 1.54. The molecule has 2 aromatic rings. The molecule has 1 N–H and O–H groups in total. The Morgan fingerprint density at radius 3 is 2.79 bits per heavy atom. The molecule has 0 amide bonds. The van der Waals surface area contributed by atoms with Crippen LogP contribution in [0.2, 0.25) is 0 Å². The number of benzene rings is 1. The quantitative estimate of drug-likeness (QED) is 0.894. The van der Waals surface area contributed by atoms with E-state index in [1.54, 1.807) is 7.05 Å². The standard InChI is InChI=1S/C9H8BrN3O/c1-11-9-12-8(13-14-9)6-4-2-3-5-7(6)10/h2-5H,1H3,(H,11,12,13). The topological polar surface area (TPSA) is 51.0 Å². The van der Waals surface area contributed by atoms with Gasteiger partial charge in [0.15, 0.2) is 0 Å². The van der Waals surface area contributed by atoms with Crippen molar-refractivity contribution in [1.82, 2.24) is 10.1 Å². The second-order valence-electron chi connectivity index (χ2n) is 2.65. The van der Waals surface area contributed by atoms with Crippen LogP contribution >= 0.6 is 15.9 Å². The van der Waals surface area contributed by atoms with Crippen LogP contribution in [0.3, 0.4) is 0 Å². The second kappa shape index (κ2) is 3.79. The largest absolute Gasteiger partial charge is 0.341 e. The minimum atomic E-state index is 0.413. The van der Waals surface area contributed by atoms with Crippen LogP contribution in [-0.2, 0) is 0 Å². The first-order valence-corrected chi connectivity index (χ1v) is 4.87.